The second-order valence-corrected chi connectivity index (χ2v) is 5.47. The van der Waals surface area contributed by atoms with Crippen LogP contribution in [-0.4, -0.2) is 18.1 Å². The normalized spacial score (nSPS) is 11.1. The van der Waals surface area contributed by atoms with Crippen LogP contribution in [0.2, 0.25) is 0 Å². The molecule has 0 aliphatic heterocycles. The van der Waals surface area contributed by atoms with Gasteiger partial charge in [-0.25, -0.2) is 9.37 Å². The minimum absolute atomic E-state index is 0. The van der Waals surface area contributed by atoms with Gasteiger partial charge in [-0.05, 0) is 43.7 Å². The van der Waals surface area contributed by atoms with Crippen LogP contribution in [0, 0.1) is 13.8 Å². The zero-order valence-electron chi connectivity index (χ0n) is 11.9. The van der Waals surface area contributed by atoms with Crippen molar-refractivity contribution < 1.29 is 9.13 Å². The Balaban J connectivity index is 0.00000220. The van der Waals surface area contributed by atoms with Crippen molar-refractivity contribution in [2.45, 2.75) is 13.8 Å². The number of nitrogens with zero attached hydrogens (tertiary/aromatic N) is 1. The molecule has 0 bridgehead atoms. The summed E-state index contributed by atoms with van der Waals surface area (Å²) in [6.45, 7) is 4.05. The fourth-order valence-electron chi connectivity index (χ4n) is 1.84. The molecule has 6 heteroatoms. The van der Waals surface area contributed by atoms with E-state index in [1.54, 1.807) is 11.3 Å². The van der Waals surface area contributed by atoms with Gasteiger partial charge >= 0.3 is 0 Å². The predicted molar refractivity (Wildman–Crippen MR) is 88.0 cm³/mol. The van der Waals surface area contributed by atoms with Crippen molar-refractivity contribution >= 4 is 23.7 Å². The van der Waals surface area contributed by atoms with Gasteiger partial charge in [-0.3, -0.25) is 0 Å². The standard InChI is InChI=1S/C15H17FN2OS.ClH/c1-10-7-13(19-8-12(16)5-6-17)3-4-14(10)15-9-20-11(2)18-15;/h3-5,7,9H,6,8,17H2,1-2H3;1H. The molecule has 2 rings (SSSR count). The molecular weight excluding hydrogens is 311 g/mol. The summed E-state index contributed by atoms with van der Waals surface area (Å²) in [7, 11) is 0. The minimum atomic E-state index is -0.357. The average Bonchev–Trinajstić information content (AvgIpc) is 2.83. The first-order chi connectivity index (χ1) is 9.60. The SMILES string of the molecule is Cc1nc(-c2ccc(OCC(F)=CCN)cc2C)cs1.Cl. The van der Waals surface area contributed by atoms with Crippen molar-refractivity contribution in [1.29, 1.82) is 0 Å². The molecule has 0 saturated carbocycles. The van der Waals surface area contributed by atoms with Crippen LogP contribution in [0.1, 0.15) is 10.6 Å². The molecule has 3 nitrogen and oxygen atoms in total. The monoisotopic (exact) mass is 328 g/mol. The van der Waals surface area contributed by atoms with Gasteiger partial charge < -0.3 is 10.5 Å². The molecule has 0 aliphatic carbocycles. The highest BCUT2D eigenvalue weighted by atomic mass is 35.5. The van der Waals surface area contributed by atoms with Gasteiger partial charge in [0.2, 0.25) is 0 Å². The van der Waals surface area contributed by atoms with Crippen LogP contribution in [0.25, 0.3) is 11.3 Å². The van der Waals surface area contributed by atoms with Gasteiger partial charge in [-0.1, -0.05) is 0 Å². The van der Waals surface area contributed by atoms with Gasteiger partial charge in [0, 0.05) is 17.5 Å². The number of hydrogen-bond donors (Lipinski definition) is 1. The number of halogens is 2. The minimum Gasteiger partial charge on any atom is -0.487 e. The Kier molecular flexibility index (Phi) is 6.81. The van der Waals surface area contributed by atoms with E-state index in [9.17, 15) is 4.39 Å². The van der Waals surface area contributed by atoms with Crippen molar-refractivity contribution in [2.75, 3.05) is 13.2 Å². The van der Waals surface area contributed by atoms with Gasteiger partial charge in [-0.2, -0.15) is 0 Å². The number of nitrogens with two attached hydrogens (primary N) is 1. The van der Waals surface area contributed by atoms with Crippen LogP contribution < -0.4 is 10.5 Å². The van der Waals surface area contributed by atoms with Crippen LogP contribution in [0.3, 0.4) is 0 Å². The highest BCUT2D eigenvalue weighted by Gasteiger charge is 2.07. The number of aryl methyl sites for hydroxylation is 2. The molecular formula is C15H18ClFN2OS. The summed E-state index contributed by atoms with van der Waals surface area (Å²) in [6, 6.07) is 5.66. The van der Waals surface area contributed by atoms with Crippen molar-refractivity contribution in [3.63, 3.8) is 0 Å². The van der Waals surface area contributed by atoms with Crippen LogP contribution in [-0.2, 0) is 0 Å². The van der Waals surface area contributed by atoms with E-state index in [1.807, 2.05) is 37.4 Å². The lowest BCUT2D eigenvalue weighted by Crippen LogP contribution is -2.01. The average molecular weight is 329 g/mol. The van der Waals surface area contributed by atoms with E-state index in [1.165, 1.54) is 6.08 Å². The molecule has 0 amide bonds. The van der Waals surface area contributed by atoms with Crippen molar-refractivity contribution in [3.05, 3.63) is 46.1 Å². The molecule has 1 aromatic heterocycles. The van der Waals surface area contributed by atoms with Crippen LogP contribution in [0.5, 0.6) is 5.75 Å². The first-order valence-electron chi connectivity index (χ1n) is 6.30. The van der Waals surface area contributed by atoms with Crippen LogP contribution >= 0.6 is 23.7 Å². The summed E-state index contributed by atoms with van der Waals surface area (Å²) in [5.41, 5.74) is 8.32. The van der Waals surface area contributed by atoms with Crippen LogP contribution in [0.4, 0.5) is 4.39 Å². The number of aromatic nitrogens is 1. The summed E-state index contributed by atoms with van der Waals surface area (Å²) in [5, 5.41) is 3.07. The Hall–Kier alpha value is -1.43. The number of rotatable bonds is 5. The molecule has 21 heavy (non-hydrogen) atoms. The van der Waals surface area contributed by atoms with Crippen molar-refractivity contribution in [1.82, 2.24) is 4.98 Å². The summed E-state index contributed by atoms with van der Waals surface area (Å²) in [5.74, 6) is 0.281. The Morgan fingerprint density at radius 2 is 2.19 bits per heavy atom. The fourth-order valence-corrected chi connectivity index (χ4v) is 2.45. The smallest absolute Gasteiger partial charge is 0.139 e. The highest BCUT2D eigenvalue weighted by molar-refractivity contribution is 7.09. The first-order valence-corrected chi connectivity index (χ1v) is 7.18. The Morgan fingerprint density at radius 1 is 1.43 bits per heavy atom. The van der Waals surface area contributed by atoms with E-state index in [2.05, 4.69) is 4.98 Å². The third-order valence-electron chi connectivity index (χ3n) is 2.81. The molecule has 1 aromatic carbocycles. The number of thiazole rings is 1. The maximum atomic E-state index is 13.2. The zero-order chi connectivity index (χ0) is 14.5. The lowest BCUT2D eigenvalue weighted by molar-refractivity contribution is 0.318. The van der Waals surface area contributed by atoms with E-state index in [0.717, 1.165) is 21.8 Å². The molecule has 1 heterocycles. The number of hydrogen-bond acceptors (Lipinski definition) is 4. The maximum absolute atomic E-state index is 13.2. The first kappa shape index (κ1) is 17.6. The van der Waals surface area contributed by atoms with Gasteiger partial charge in [0.15, 0.2) is 0 Å². The maximum Gasteiger partial charge on any atom is 0.139 e. The van der Waals surface area contributed by atoms with Crippen molar-refractivity contribution in [3.8, 4) is 17.0 Å². The van der Waals surface area contributed by atoms with Crippen LogP contribution in [0.15, 0.2) is 35.5 Å². The summed E-state index contributed by atoms with van der Waals surface area (Å²) in [4.78, 5) is 4.46. The lowest BCUT2D eigenvalue weighted by Gasteiger charge is -2.08. The Labute approximate surface area is 134 Å². The lowest BCUT2D eigenvalue weighted by atomic mass is 10.1. The molecule has 0 spiro atoms. The molecule has 0 atom stereocenters. The Bertz CT molecular complexity index is 628. The van der Waals surface area contributed by atoms with E-state index >= 15 is 0 Å². The second kappa shape index (κ2) is 8.12. The number of benzene rings is 1. The van der Waals surface area contributed by atoms with Crippen molar-refractivity contribution in [2.24, 2.45) is 5.73 Å². The molecule has 0 fully saturated rings. The topological polar surface area (TPSA) is 48.1 Å². The summed E-state index contributed by atoms with van der Waals surface area (Å²) >= 11 is 1.62. The predicted octanol–water partition coefficient (Wildman–Crippen LogP) is 4.04. The summed E-state index contributed by atoms with van der Waals surface area (Å²) in [6.07, 6.45) is 1.30. The molecule has 0 unspecified atom stereocenters. The van der Waals surface area contributed by atoms with Gasteiger partial charge in [0.25, 0.3) is 0 Å². The third kappa shape index (κ3) is 4.81. The van der Waals surface area contributed by atoms with Gasteiger partial charge in [-0.15, -0.1) is 23.7 Å². The molecule has 0 radical (unpaired) electrons. The van der Waals surface area contributed by atoms with Gasteiger partial charge in [0.1, 0.15) is 18.2 Å². The van der Waals surface area contributed by atoms with E-state index in [4.69, 9.17) is 10.5 Å². The zero-order valence-corrected chi connectivity index (χ0v) is 13.6. The second-order valence-electron chi connectivity index (χ2n) is 4.40. The summed E-state index contributed by atoms with van der Waals surface area (Å²) < 4.78 is 18.6. The van der Waals surface area contributed by atoms with E-state index in [0.29, 0.717) is 5.75 Å². The third-order valence-corrected chi connectivity index (χ3v) is 3.58. The molecule has 114 valence electrons. The van der Waals surface area contributed by atoms with E-state index < -0.39 is 0 Å². The molecule has 0 saturated heterocycles. The molecule has 2 aromatic rings. The van der Waals surface area contributed by atoms with E-state index in [-0.39, 0.29) is 31.4 Å². The quantitative estimate of drug-likeness (QED) is 0.901. The highest BCUT2D eigenvalue weighted by Crippen LogP contribution is 2.28. The fraction of sp³-hybridized carbons (Fsp3) is 0.267. The number of ether oxygens (including phenoxy) is 1. The Morgan fingerprint density at radius 3 is 2.76 bits per heavy atom. The molecule has 2 N–H and O–H groups in total. The van der Waals surface area contributed by atoms with Gasteiger partial charge in [0.05, 0.1) is 10.7 Å². The molecule has 0 aliphatic rings. The largest absolute Gasteiger partial charge is 0.487 e.